The van der Waals surface area contributed by atoms with E-state index in [9.17, 15) is 0 Å². The highest BCUT2D eigenvalue weighted by Crippen LogP contribution is 2.24. The van der Waals surface area contributed by atoms with E-state index in [4.69, 9.17) is 9.47 Å². The maximum Gasteiger partial charge on any atom is 0.127 e. The Hall–Kier alpha value is -3.37. The second kappa shape index (κ2) is 9.90. The van der Waals surface area contributed by atoms with Crippen molar-refractivity contribution in [2.24, 2.45) is 4.99 Å². The first-order chi connectivity index (χ1) is 14.7. The summed E-state index contributed by atoms with van der Waals surface area (Å²) in [4.78, 5) is 4.53. The lowest BCUT2D eigenvalue weighted by molar-refractivity contribution is 0.306. The Morgan fingerprint density at radius 3 is 2.00 bits per heavy atom. The van der Waals surface area contributed by atoms with Crippen molar-refractivity contribution < 1.29 is 9.47 Å². The maximum atomic E-state index is 5.84. The van der Waals surface area contributed by atoms with E-state index in [1.165, 1.54) is 0 Å². The van der Waals surface area contributed by atoms with E-state index < -0.39 is 0 Å². The van der Waals surface area contributed by atoms with Crippen LogP contribution < -0.4 is 9.47 Å². The van der Waals surface area contributed by atoms with Crippen molar-refractivity contribution in [3.8, 4) is 17.2 Å². The quantitative estimate of drug-likeness (QED) is 0.268. The van der Waals surface area contributed by atoms with Crippen LogP contribution in [0.25, 0.3) is 0 Å². The number of rotatable bonds is 7. The molecule has 0 heterocycles. The molecule has 0 aliphatic carbocycles. The van der Waals surface area contributed by atoms with Crippen LogP contribution in [0.15, 0.2) is 113 Å². The SMILES string of the molecule is Brc1ccc(COc2ccc(C=Nc3ccc(Oc4ccccc4)cc3)cc2)cc1. The van der Waals surface area contributed by atoms with Crippen LogP contribution in [0.2, 0.25) is 0 Å². The third-order valence-electron chi connectivity index (χ3n) is 4.38. The Morgan fingerprint density at radius 2 is 1.30 bits per heavy atom. The van der Waals surface area contributed by atoms with Crippen molar-refractivity contribution in [2.75, 3.05) is 0 Å². The average molecular weight is 458 g/mol. The van der Waals surface area contributed by atoms with Crippen LogP contribution in [0.4, 0.5) is 5.69 Å². The lowest BCUT2D eigenvalue weighted by Crippen LogP contribution is -1.95. The molecule has 4 heteroatoms. The summed E-state index contributed by atoms with van der Waals surface area (Å²) in [7, 11) is 0. The van der Waals surface area contributed by atoms with Crippen LogP contribution in [0.1, 0.15) is 11.1 Å². The number of aliphatic imine (C=N–C) groups is 1. The molecule has 0 saturated carbocycles. The van der Waals surface area contributed by atoms with Crippen molar-refractivity contribution in [1.82, 2.24) is 0 Å². The van der Waals surface area contributed by atoms with Gasteiger partial charge in [0.25, 0.3) is 0 Å². The number of halogens is 1. The molecule has 4 aromatic carbocycles. The second-order valence-electron chi connectivity index (χ2n) is 6.65. The van der Waals surface area contributed by atoms with Crippen molar-refractivity contribution >= 4 is 27.8 Å². The molecule has 148 valence electrons. The normalized spacial score (nSPS) is 10.8. The molecule has 0 amide bonds. The lowest BCUT2D eigenvalue weighted by atomic mass is 10.2. The molecule has 0 N–H and O–H groups in total. The molecular formula is C26H20BrNO2. The summed E-state index contributed by atoms with van der Waals surface area (Å²) >= 11 is 3.44. The molecule has 0 bridgehead atoms. The van der Waals surface area contributed by atoms with Gasteiger partial charge in [0.15, 0.2) is 0 Å². The van der Waals surface area contributed by atoms with Crippen molar-refractivity contribution in [1.29, 1.82) is 0 Å². The van der Waals surface area contributed by atoms with Crippen LogP contribution >= 0.6 is 15.9 Å². The van der Waals surface area contributed by atoms with Crippen LogP contribution in [0.3, 0.4) is 0 Å². The van der Waals surface area contributed by atoms with Gasteiger partial charge in [0.05, 0.1) is 5.69 Å². The van der Waals surface area contributed by atoms with Gasteiger partial charge in [-0.2, -0.15) is 0 Å². The first-order valence-electron chi connectivity index (χ1n) is 9.59. The molecule has 0 fully saturated rings. The van der Waals surface area contributed by atoms with E-state index >= 15 is 0 Å². The monoisotopic (exact) mass is 457 g/mol. The van der Waals surface area contributed by atoms with Gasteiger partial charge in [-0.05, 0) is 83.9 Å². The van der Waals surface area contributed by atoms with Gasteiger partial charge < -0.3 is 9.47 Å². The van der Waals surface area contributed by atoms with Crippen LogP contribution in [0, 0.1) is 0 Å². The predicted molar refractivity (Wildman–Crippen MR) is 125 cm³/mol. The van der Waals surface area contributed by atoms with Gasteiger partial charge in [0, 0.05) is 10.7 Å². The van der Waals surface area contributed by atoms with E-state index in [0.29, 0.717) is 6.61 Å². The molecule has 0 radical (unpaired) electrons. The molecule has 0 spiro atoms. The molecule has 0 aromatic heterocycles. The maximum absolute atomic E-state index is 5.84. The Labute approximate surface area is 184 Å². The Morgan fingerprint density at radius 1 is 0.667 bits per heavy atom. The number of hydrogen-bond acceptors (Lipinski definition) is 3. The standard InChI is InChI=1S/C26H20BrNO2/c27-22-10-6-21(7-11-22)19-29-24-14-8-20(9-15-24)18-28-23-12-16-26(17-13-23)30-25-4-2-1-3-5-25/h1-18H,19H2. The first kappa shape index (κ1) is 19.9. The molecule has 0 saturated heterocycles. The smallest absolute Gasteiger partial charge is 0.127 e. The molecule has 4 rings (SSSR count). The van der Waals surface area contributed by atoms with Gasteiger partial charge in [-0.15, -0.1) is 0 Å². The fraction of sp³-hybridized carbons (Fsp3) is 0.0385. The average Bonchev–Trinajstić information content (AvgIpc) is 2.80. The molecule has 4 aromatic rings. The van der Waals surface area contributed by atoms with Gasteiger partial charge in [0.1, 0.15) is 23.9 Å². The molecule has 0 atom stereocenters. The molecule has 3 nitrogen and oxygen atoms in total. The number of para-hydroxylation sites is 1. The van der Waals surface area contributed by atoms with Crippen molar-refractivity contribution in [3.63, 3.8) is 0 Å². The minimum atomic E-state index is 0.540. The first-order valence-corrected chi connectivity index (χ1v) is 10.4. The lowest BCUT2D eigenvalue weighted by Gasteiger charge is -2.07. The Kier molecular flexibility index (Phi) is 6.58. The summed E-state index contributed by atoms with van der Waals surface area (Å²) < 4.78 is 12.7. The topological polar surface area (TPSA) is 30.8 Å². The highest BCUT2D eigenvalue weighted by atomic mass is 79.9. The zero-order valence-electron chi connectivity index (χ0n) is 16.2. The van der Waals surface area contributed by atoms with Crippen LogP contribution in [-0.2, 0) is 6.61 Å². The zero-order valence-corrected chi connectivity index (χ0v) is 17.8. The highest BCUT2D eigenvalue weighted by molar-refractivity contribution is 9.10. The fourth-order valence-electron chi connectivity index (χ4n) is 2.77. The summed E-state index contributed by atoms with van der Waals surface area (Å²) in [6, 6.07) is 33.4. The minimum Gasteiger partial charge on any atom is -0.489 e. The third-order valence-corrected chi connectivity index (χ3v) is 4.91. The molecule has 0 aliphatic rings. The number of nitrogens with zero attached hydrogens (tertiary/aromatic N) is 1. The highest BCUT2D eigenvalue weighted by Gasteiger charge is 1.98. The predicted octanol–water partition coefficient (Wildman–Crippen LogP) is 7.57. The van der Waals surface area contributed by atoms with Crippen LogP contribution in [0.5, 0.6) is 17.2 Å². The van der Waals surface area contributed by atoms with Gasteiger partial charge >= 0.3 is 0 Å². The van der Waals surface area contributed by atoms with E-state index in [0.717, 1.165) is 38.5 Å². The van der Waals surface area contributed by atoms with E-state index in [1.54, 1.807) is 0 Å². The van der Waals surface area contributed by atoms with E-state index in [1.807, 2.05) is 109 Å². The largest absolute Gasteiger partial charge is 0.489 e. The number of hydrogen-bond donors (Lipinski definition) is 0. The third kappa shape index (κ3) is 5.82. The summed E-state index contributed by atoms with van der Waals surface area (Å²) in [5.41, 5.74) is 3.00. The van der Waals surface area contributed by atoms with Crippen molar-refractivity contribution in [2.45, 2.75) is 6.61 Å². The van der Waals surface area contributed by atoms with Gasteiger partial charge in [-0.1, -0.05) is 46.3 Å². The molecule has 30 heavy (non-hydrogen) atoms. The van der Waals surface area contributed by atoms with Gasteiger partial charge in [-0.25, -0.2) is 0 Å². The number of ether oxygens (including phenoxy) is 2. The molecular weight excluding hydrogens is 438 g/mol. The summed E-state index contributed by atoms with van der Waals surface area (Å²) in [6.07, 6.45) is 1.84. The second-order valence-corrected chi connectivity index (χ2v) is 7.57. The Bertz CT molecular complexity index is 1090. The zero-order chi connectivity index (χ0) is 20.6. The van der Waals surface area contributed by atoms with E-state index in [-0.39, 0.29) is 0 Å². The Balaban J connectivity index is 1.32. The van der Waals surface area contributed by atoms with Crippen LogP contribution in [-0.4, -0.2) is 6.21 Å². The van der Waals surface area contributed by atoms with E-state index in [2.05, 4.69) is 20.9 Å². The van der Waals surface area contributed by atoms with Crippen molar-refractivity contribution in [3.05, 3.63) is 119 Å². The summed E-state index contributed by atoms with van der Waals surface area (Å²) in [5.74, 6) is 2.43. The van der Waals surface area contributed by atoms with Gasteiger partial charge in [0.2, 0.25) is 0 Å². The molecule has 0 aliphatic heterocycles. The minimum absolute atomic E-state index is 0.540. The summed E-state index contributed by atoms with van der Waals surface area (Å²) in [6.45, 7) is 0.540. The molecule has 0 unspecified atom stereocenters. The van der Waals surface area contributed by atoms with Gasteiger partial charge in [-0.3, -0.25) is 4.99 Å². The summed E-state index contributed by atoms with van der Waals surface area (Å²) in [5, 5.41) is 0. The number of benzene rings is 4. The fourth-order valence-corrected chi connectivity index (χ4v) is 3.04.